The summed E-state index contributed by atoms with van der Waals surface area (Å²) in [5.41, 5.74) is 2.18. The van der Waals surface area contributed by atoms with Gasteiger partial charge in [0.15, 0.2) is 0 Å². The maximum absolute atomic E-state index is 4.05. The Kier molecular flexibility index (Phi) is 2.80. The summed E-state index contributed by atoms with van der Waals surface area (Å²) >= 11 is 0. The average molecular weight is 163 g/mol. The second-order valence-electron chi connectivity index (χ2n) is 2.22. The summed E-state index contributed by atoms with van der Waals surface area (Å²) in [5, 5.41) is 4.05. The second kappa shape index (κ2) is 3.85. The highest BCUT2D eigenvalue weighted by Gasteiger charge is 1.93. The lowest BCUT2D eigenvalue weighted by molar-refractivity contribution is 0.871. The highest BCUT2D eigenvalue weighted by atomic mass is 15.2. The summed E-state index contributed by atoms with van der Waals surface area (Å²) in [6.45, 7) is 6.01. The summed E-state index contributed by atoms with van der Waals surface area (Å²) < 4.78 is 1.85. The zero-order valence-corrected chi connectivity index (χ0v) is 7.65. The van der Waals surface area contributed by atoms with Crippen molar-refractivity contribution < 1.29 is 0 Å². The molecule has 2 aromatic rings. The van der Waals surface area contributed by atoms with E-state index in [1.807, 2.05) is 37.4 Å². The second-order valence-corrected chi connectivity index (χ2v) is 2.22. The minimum absolute atomic E-state index is 1.04. The van der Waals surface area contributed by atoms with Crippen LogP contribution < -0.4 is 0 Å². The van der Waals surface area contributed by atoms with E-state index in [0.717, 1.165) is 11.2 Å². The summed E-state index contributed by atoms with van der Waals surface area (Å²) in [5.74, 6) is 0. The molecule has 3 nitrogen and oxygen atoms in total. The average Bonchev–Trinajstić information content (AvgIpc) is 2.53. The number of rotatable bonds is 0. The van der Waals surface area contributed by atoms with Crippen LogP contribution in [0.3, 0.4) is 0 Å². The predicted molar refractivity (Wildman–Crippen MR) is 49.1 cm³/mol. The number of nitrogens with zero attached hydrogens (tertiary/aromatic N) is 3. The SMILES string of the molecule is CC.Cc1ccc2cncnn12. The Balaban J connectivity index is 0.000000336. The maximum atomic E-state index is 4.05. The standard InChI is InChI=1S/C7H7N3.C2H6/c1-6-2-3-7-4-8-5-9-10(6)7;1-2/h2-5H,1H3;1-2H3. The zero-order chi connectivity index (χ0) is 8.97. The Morgan fingerprint density at radius 2 is 2.00 bits per heavy atom. The van der Waals surface area contributed by atoms with Crippen molar-refractivity contribution in [1.29, 1.82) is 0 Å². The molecule has 0 unspecified atom stereocenters. The molecule has 0 radical (unpaired) electrons. The lowest BCUT2D eigenvalue weighted by Gasteiger charge is -1.91. The predicted octanol–water partition coefficient (Wildman–Crippen LogP) is 2.06. The molecule has 0 bridgehead atoms. The van der Waals surface area contributed by atoms with Crippen LogP contribution in [0.1, 0.15) is 19.5 Å². The molecule has 12 heavy (non-hydrogen) atoms. The molecule has 2 aromatic heterocycles. The first-order chi connectivity index (χ1) is 5.88. The third-order valence-electron chi connectivity index (χ3n) is 1.51. The first-order valence-corrected chi connectivity index (χ1v) is 4.12. The molecule has 0 aromatic carbocycles. The fourth-order valence-corrected chi connectivity index (χ4v) is 0.997. The van der Waals surface area contributed by atoms with Gasteiger partial charge in [-0.15, -0.1) is 0 Å². The monoisotopic (exact) mass is 163 g/mol. The third kappa shape index (κ3) is 1.44. The third-order valence-corrected chi connectivity index (χ3v) is 1.51. The van der Waals surface area contributed by atoms with Crippen LogP contribution in [0.25, 0.3) is 5.52 Å². The van der Waals surface area contributed by atoms with Crippen molar-refractivity contribution in [2.45, 2.75) is 20.8 Å². The topological polar surface area (TPSA) is 30.2 Å². The van der Waals surface area contributed by atoms with Crippen LogP contribution in [0.5, 0.6) is 0 Å². The fraction of sp³-hybridized carbons (Fsp3) is 0.333. The van der Waals surface area contributed by atoms with E-state index in [0.29, 0.717) is 0 Å². The van der Waals surface area contributed by atoms with E-state index in [4.69, 9.17) is 0 Å². The Morgan fingerprint density at radius 3 is 2.67 bits per heavy atom. The van der Waals surface area contributed by atoms with Gasteiger partial charge in [0.25, 0.3) is 0 Å². The summed E-state index contributed by atoms with van der Waals surface area (Å²) in [7, 11) is 0. The van der Waals surface area contributed by atoms with Crippen molar-refractivity contribution >= 4 is 5.52 Å². The Labute approximate surface area is 72.1 Å². The molecular formula is C9H13N3. The molecule has 0 aliphatic rings. The van der Waals surface area contributed by atoms with Crippen LogP contribution in [0.2, 0.25) is 0 Å². The highest BCUT2D eigenvalue weighted by molar-refractivity contribution is 5.45. The normalized spacial score (nSPS) is 9.25. The van der Waals surface area contributed by atoms with Gasteiger partial charge >= 0.3 is 0 Å². The Morgan fingerprint density at radius 1 is 1.25 bits per heavy atom. The number of aromatic nitrogens is 3. The molecule has 0 spiro atoms. The van der Waals surface area contributed by atoms with Crippen molar-refractivity contribution in [1.82, 2.24) is 14.6 Å². The van der Waals surface area contributed by atoms with Gasteiger partial charge < -0.3 is 0 Å². The molecule has 0 saturated heterocycles. The zero-order valence-electron chi connectivity index (χ0n) is 7.65. The highest BCUT2D eigenvalue weighted by Crippen LogP contribution is 2.03. The van der Waals surface area contributed by atoms with Crippen LogP contribution in [-0.4, -0.2) is 14.6 Å². The van der Waals surface area contributed by atoms with Crippen molar-refractivity contribution in [2.75, 3.05) is 0 Å². The van der Waals surface area contributed by atoms with Crippen molar-refractivity contribution in [3.63, 3.8) is 0 Å². The maximum Gasteiger partial charge on any atom is 0.136 e. The molecule has 3 heteroatoms. The molecular weight excluding hydrogens is 150 g/mol. The largest absolute Gasteiger partial charge is 0.241 e. The first kappa shape index (κ1) is 8.71. The Hall–Kier alpha value is -1.38. The first-order valence-electron chi connectivity index (χ1n) is 4.12. The van der Waals surface area contributed by atoms with Gasteiger partial charge in [-0.05, 0) is 19.1 Å². The summed E-state index contributed by atoms with van der Waals surface area (Å²) in [6, 6.07) is 4.01. The van der Waals surface area contributed by atoms with E-state index in [2.05, 4.69) is 10.1 Å². The van der Waals surface area contributed by atoms with E-state index >= 15 is 0 Å². The summed E-state index contributed by atoms with van der Waals surface area (Å²) in [4.78, 5) is 3.89. The van der Waals surface area contributed by atoms with Gasteiger partial charge in [-0.25, -0.2) is 9.50 Å². The van der Waals surface area contributed by atoms with Crippen molar-refractivity contribution in [2.24, 2.45) is 0 Å². The number of hydrogen-bond donors (Lipinski definition) is 0. The smallest absolute Gasteiger partial charge is 0.136 e. The van der Waals surface area contributed by atoms with Gasteiger partial charge in [0.1, 0.15) is 6.33 Å². The number of fused-ring (bicyclic) bond motifs is 1. The molecule has 2 rings (SSSR count). The van der Waals surface area contributed by atoms with Gasteiger partial charge in [0, 0.05) is 5.69 Å². The number of aryl methyl sites for hydroxylation is 1. The van der Waals surface area contributed by atoms with Crippen LogP contribution in [0.15, 0.2) is 24.7 Å². The van der Waals surface area contributed by atoms with E-state index < -0.39 is 0 Å². The fourth-order valence-electron chi connectivity index (χ4n) is 0.997. The molecule has 0 amide bonds. The van der Waals surface area contributed by atoms with Crippen LogP contribution in [0.4, 0.5) is 0 Å². The minimum Gasteiger partial charge on any atom is -0.241 e. The molecule has 2 heterocycles. The molecule has 0 N–H and O–H groups in total. The molecule has 0 aliphatic heterocycles. The lowest BCUT2D eigenvalue weighted by atomic mass is 10.5. The van der Waals surface area contributed by atoms with Gasteiger partial charge in [-0.3, -0.25) is 0 Å². The summed E-state index contributed by atoms with van der Waals surface area (Å²) in [6.07, 6.45) is 3.33. The lowest BCUT2D eigenvalue weighted by Crippen LogP contribution is -1.92. The van der Waals surface area contributed by atoms with E-state index in [-0.39, 0.29) is 0 Å². The van der Waals surface area contributed by atoms with Gasteiger partial charge in [-0.1, -0.05) is 13.8 Å². The van der Waals surface area contributed by atoms with Crippen LogP contribution in [0, 0.1) is 6.92 Å². The van der Waals surface area contributed by atoms with Gasteiger partial charge in [0.05, 0.1) is 11.7 Å². The number of hydrogen-bond acceptors (Lipinski definition) is 2. The van der Waals surface area contributed by atoms with Gasteiger partial charge in [0.2, 0.25) is 0 Å². The molecule has 0 atom stereocenters. The van der Waals surface area contributed by atoms with Crippen LogP contribution >= 0.6 is 0 Å². The van der Waals surface area contributed by atoms with E-state index in [1.165, 1.54) is 0 Å². The van der Waals surface area contributed by atoms with E-state index in [9.17, 15) is 0 Å². The molecule has 0 fully saturated rings. The quantitative estimate of drug-likeness (QED) is 0.595. The Bertz CT molecular complexity index is 351. The molecule has 0 saturated carbocycles. The minimum atomic E-state index is 1.04. The van der Waals surface area contributed by atoms with Crippen molar-refractivity contribution in [3.8, 4) is 0 Å². The van der Waals surface area contributed by atoms with Gasteiger partial charge in [-0.2, -0.15) is 5.10 Å². The molecule has 64 valence electrons. The molecule has 0 aliphatic carbocycles. The van der Waals surface area contributed by atoms with E-state index in [1.54, 1.807) is 12.5 Å². The van der Waals surface area contributed by atoms with Crippen LogP contribution in [-0.2, 0) is 0 Å². The van der Waals surface area contributed by atoms with Crippen molar-refractivity contribution in [3.05, 3.63) is 30.4 Å².